The van der Waals surface area contributed by atoms with E-state index in [1.807, 2.05) is 0 Å². The first-order valence-electron chi connectivity index (χ1n) is 9.58. The Morgan fingerprint density at radius 3 is 1.52 bits per heavy atom. The Labute approximate surface area is 144 Å². The summed E-state index contributed by atoms with van der Waals surface area (Å²) >= 11 is 0. The molecule has 0 heterocycles. The maximum Gasteiger partial charge on any atom is 0.107 e. The van der Waals surface area contributed by atoms with Crippen LogP contribution >= 0.6 is 0 Å². The van der Waals surface area contributed by atoms with Gasteiger partial charge in [0.05, 0.1) is 26.4 Å². The number of unbranched alkanes of at least 4 members (excludes halogenated alkanes) is 10. The Balaban J connectivity index is 2.94. The minimum absolute atomic E-state index is 0.360. The summed E-state index contributed by atoms with van der Waals surface area (Å²) in [5.41, 5.74) is 0. The second-order valence-electron chi connectivity index (χ2n) is 6.02. The molecule has 0 unspecified atom stereocenters. The highest BCUT2D eigenvalue weighted by Crippen LogP contribution is 2.11. The van der Waals surface area contributed by atoms with Crippen molar-refractivity contribution in [3.05, 3.63) is 0 Å². The molecule has 0 saturated carbocycles. The summed E-state index contributed by atoms with van der Waals surface area (Å²) in [7, 11) is 0. The standard InChI is InChI=1S/C20H38O3/c1-3-5-6-7-8-9-10-11-12-13-14-16-22-18-20-23-19-17-21-15-4-2/h2H,3,5-20H2,1H3. The maximum absolute atomic E-state index is 5.55. The molecule has 0 aliphatic carbocycles. The molecule has 0 saturated heterocycles. The lowest BCUT2D eigenvalue weighted by atomic mass is 10.1. The van der Waals surface area contributed by atoms with E-state index in [1.165, 1.54) is 70.6 Å². The lowest BCUT2D eigenvalue weighted by Crippen LogP contribution is -2.09. The van der Waals surface area contributed by atoms with Gasteiger partial charge in [0.2, 0.25) is 0 Å². The maximum atomic E-state index is 5.55. The summed E-state index contributed by atoms with van der Waals surface area (Å²) in [5.74, 6) is 2.42. The fourth-order valence-electron chi connectivity index (χ4n) is 2.44. The molecule has 3 heteroatoms. The van der Waals surface area contributed by atoms with Gasteiger partial charge in [-0.25, -0.2) is 0 Å². The third kappa shape index (κ3) is 21.4. The molecule has 136 valence electrons. The number of rotatable bonds is 19. The van der Waals surface area contributed by atoms with Crippen molar-refractivity contribution in [1.29, 1.82) is 0 Å². The molecule has 0 radical (unpaired) electrons. The summed E-state index contributed by atoms with van der Waals surface area (Å²) in [6.07, 6.45) is 20.1. The highest BCUT2D eigenvalue weighted by atomic mass is 16.5. The van der Waals surface area contributed by atoms with Crippen LogP contribution in [0.2, 0.25) is 0 Å². The van der Waals surface area contributed by atoms with Crippen molar-refractivity contribution in [2.75, 3.05) is 39.6 Å². The molecule has 0 bridgehead atoms. The zero-order valence-corrected chi connectivity index (χ0v) is 15.3. The molecule has 23 heavy (non-hydrogen) atoms. The average Bonchev–Trinajstić information content (AvgIpc) is 2.57. The molecule has 0 aliphatic heterocycles. The molecule has 0 rings (SSSR count). The van der Waals surface area contributed by atoms with E-state index in [0.717, 1.165) is 6.61 Å². The van der Waals surface area contributed by atoms with Crippen molar-refractivity contribution in [3.63, 3.8) is 0 Å². The summed E-state index contributed by atoms with van der Waals surface area (Å²) in [5, 5.41) is 0. The Kier molecular flexibility index (Phi) is 20.9. The quantitative estimate of drug-likeness (QED) is 0.247. The van der Waals surface area contributed by atoms with Crippen molar-refractivity contribution < 1.29 is 14.2 Å². The number of hydrogen-bond acceptors (Lipinski definition) is 3. The van der Waals surface area contributed by atoms with Crippen LogP contribution in [0.4, 0.5) is 0 Å². The topological polar surface area (TPSA) is 27.7 Å². The number of hydrogen-bond donors (Lipinski definition) is 0. The zero-order chi connectivity index (χ0) is 16.8. The van der Waals surface area contributed by atoms with Gasteiger partial charge in [-0.05, 0) is 6.42 Å². The van der Waals surface area contributed by atoms with Crippen molar-refractivity contribution in [2.45, 2.75) is 77.6 Å². The first-order valence-corrected chi connectivity index (χ1v) is 9.58. The molecule has 3 nitrogen and oxygen atoms in total. The van der Waals surface area contributed by atoms with Crippen LogP contribution in [-0.2, 0) is 14.2 Å². The van der Waals surface area contributed by atoms with Crippen LogP contribution in [0.5, 0.6) is 0 Å². The fourth-order valence-corrected chi connectivity index (χ4v) is 2.44. The Bertz CT molecular complexity index is 248. The van der Waals surface area contributed by atoms with E-state index in [1.54, 1.807) is 0 Å². The minimum atomic E-state index is 0.360. The highest BCUT2D eigenvalue weighted by molar-refractivity contribution is 4.82. The van der Waals surface area contributed by atoms with E-state index in [0.29, 0.717) is 33.0 Å². The Morgan fingerprint density at radius 2 is 1.00 bits per heavy atom. The molecule has 0 N–H and O–H groups in total. The van der Waals surface area contributed by atoms with Gasteiger partial charge in [-0.15, -0.1) is 6.42 Å². The van der Waals surface area contributed by atoms with Gasteiger partial charge in [0.15, 0.2) is 0 Å². The summed E-state index contributed by atoms with van der Waals surface area (Å²) < 4.78 is 16.0. The van der Waals surface area contributed by atoms with Crippen LogP contribution in [0.3, 0.4) is 0 Å². The third-order valence-electron chi connectivity index (χ3n) is 3.82. The van der Waals surface area contributed by atoms with Gasteiger partial charge in [0.1, 0.15) is 6.61 Å². The van der Waals surface area contributed by atoms with Gasteiger partial charge >= 0.3 is 0 Å². The van der Waals surface area contributed by atoms with Crippen molar-refractivity contribution in [1.82, 2.24) is 0 Å². The molecule has 0 amide bonds. The van der Waals surface area contributed by atoms with Gasteiger partial charge in [-0.2, -0.15) is 0 Å². The van der Waals surface area contributed by atoms with Gasteiger partial charge in [-0.1, -0.05) is 77.1 Å². The van der Waals surface area contributed by atoms with Crippen molar-refractivity contribution in [2.24, 2.45) is 0 Å². The predicted molar refractivity (Wildman–Crippen MR) is 97.8 cm³/mol. The van der Waals surface area contributed by atoms with Crippen LogP contribution in [0, 0.1) is 12.3 Å². The second kappa shape index (κ2) is 21.4. The fraction of sp³-hybridized carbons (Fsp3) is 0.900. The van der Waals surface area contributed by atoms with Crippen LogP contribution < -0.4 is 0 Å². The van der Waals surface area contributed by atoms with E-state index >= 15 is 0 Å². The lowest BCUT2D eigenvalue weighted by molar-refractivity contribution is 0.0195. The van der Waals surface area contributed by atoms with Gasteiger partial charge in [-0.3, -0.25) is 0 Å². The normalized spacial score (nSPS) is 10.8. The van der Waals surface area contributed by atoms with E-state index < -0.39 is 0 Å². The van der Waals surface area contributed by atoms with E-state index in [4.69, 9.17) is 20.6 Å². The lowest BCUT2D eigenvalue weighted by Gasteiger charge is -2.06. The van der Waals surface area contributed by atoms with Gasteiger partial charge in [0.25, 0.3) is 0 Å². The first-order chi connectivity index (χ1) is 11.4. The smallest absolute Gasteiger partial charge is 0.107 e. The van der Waals surface area contributed by atoms with Gasteiger partial charge in [0, 0.05) is 6.61 Å². The molecule has 0 fully saturated rings. The Morgan fingerprint density at radius 1 is 0.565 bits per heavy atom. The monoisotopic (exact) mass is 326 g/mol. The molecule has 0 aromatic carbocycles. The molecule has 0 aromatic heterocycles. The highest BCUT2D eigenvalue weighted by Gasteiger charge is 1.94. The van der Waals surface area contributed by atoms with Crippen LogP contribution in [-0.4, -0.2) is 39.6 Å². The van der Waals surface area contributed by atoms with Gasteiger partial charge < -0.3 is 14.2 Å². The largest absolute Gasteiger partial charge is 0.379 e. The molecule has 0 aromatic rings. The summed E-state index contributed by atoms with van der Waals surface area (Å²) in [6, 6.07) is 0. The molecular weight excluding hydrogens is 288 g/mol. The third-order valence-corrected chi connectivity index (χ3v) is 3.82. The average molecular weight is 327 g/mol. The summed E-state index contributed by atoms with van der Waals surface area (Å²) in [6.45, 7) is 5.94. The Hall–Kier alpha value is -0.560. The molecule has 0 atom stereocenters. The van der Waals surface area contributed by atoms with E-state index in [2.05, 4.69) is 12.8 Å². The SMILES string of the molecule is C#CCOCCOCCOCCCCCCCCCCCCC. The van der Waals surface area contributed by atoms with E-state index in [-0.39, 0.29) is 0 Å². The van der Waals surface area contributed by atoms with Crippen LogP contribution in [0.1, 0.15) is 77.6 Å². The minimum Gasteiger partial charge on any atom is -0.379 e. The number of terminal acetylenes is 1. The second-order valence-corrected chi connectivity index (χ2v) is 6.02. The van der Waals surface area contributed by atoms with Crippen molar-refractivity contribution >= 4 is 0 Å². The zero-order valence-electron chi connectivity index (χ0n) is 15.3. The summed E-state index contributed by atoms with van der Waals surface area (Å²) in [4.78, 5) is 0. The molecule has 0 aliphatic rings. The van der Waals surface area contributed by atoms with Crippen LogP contribution in [0.25, 0.3) is 0 Å². The number of ether oxygens (including phenoxy) is 3. The molecule has 0 spiro atoms. The van der Waals surface area contributed by atoms with Crippen molar-refractivity contribution in [3.8, 4) is 12.3 Å². The predicted octanol–water partition coefficient (Wildman–Crippen LogP) is 4.98. The first kappa shape index (κ1) is 22.4. The van der Waals surface area contributed by atoms with Crippen LogP contribution in [0.15, 0.2) is 0 Å². The molecular formula is C20H38O3. The van der Waals surface area contributed by atoms with E-state index in [9.17, 15) is 0 Å².